The Kier molecular flexibility index (Phi) is 132. The summed E-state index contributed by atoms with van der Waals surface area (Å²) < 4.78 is 33.1. The molecule has 0 aromatic heterocycles. The quantitative estimate of drug-likeness (QED) is 0.569. The Morgan fingerprint density at radius 1 is 0.963 bits per heavy atom. The zero-order valence-electron chi connectivity index (χ0n) is 16.8. The van der Waals surface area contributed by atoms with Crippen molar-refractivity contribution in [3.05, 3.63) is 0 Å². The first-order valence-electron chi connectivity index (χ1n) is 6.38. The second-order valence-electron chi connectivity index (χ2n) is 4.70. The van der Waals surface area contributed by atoms with Crippen LogP contribution in [0.2, 0.25) is 0 Å². The fraction of sp³-hybridized carbons (Fsp3) is 0.944. The van der Waals surface area contributed by atoms with Crippen LogP contribution in [0.4, 0.5) is 0 Å². The van der Waals surface area contributed by atoms with Gasteiger partial charge >= 0.3 is 0 Å². The Morgan fingerprint density at radius 2 is 0.963 bits per heavy atom. The number of sulfone groups is 1. The van der Waals surface area contributed by atoms with Crippen molar-refractivity contribution in [2.45, 2.75) is 63.5 Å². The molecule has 0 radical (unpaired) electrons. The minimum Gasteiger partial charge on any atom is -0.394 e. The normalized spacial score (nSPS) is 7.07. The van der Waals surface area contributed by atoms with Crippen molar-refractivity contribution in [3.63, 3.8) is 0 Å². The summed E-state index contributed by atoms with van der Waals surface area (Å²) in [7, 11) is -0.0278. The topological polar surface area (TPSA) is 97.7 Å². The first-order chi connectivity index (χ1) is 10.0. The molecule has 0 bridgehead atoms. The lowest BCUT2D eigenvalue weighted by Crippen LogP contribution is -1.86. The third-order valence-electron chi connectivity index (χ3n) is 0. The number of carbonyl (C=O) groups excluding carboxylic acids is 1. The Morgan fingerprint density at radius 3 is 0.963 bits per heavy atom. The molecule has 9 heteroatoms. The van der Waals surface area contributed by atoms with Crippen LogP contribution in [0, 0.1) is 0 Å². The molecule has 0 aromatic carbocycles. The molecule has 180 valence electrons. The molecule has 0 aliphatic heterocycles. The third-order valence-corrected chi connectivity index (χ3v) is 0. The number of rotatable bonds is 0. The van der Waals surface area contributed by atoms with Gasteiger partial charge in [0.1, 0.15) is 15.6 Å². The van der Waals surface area contributed by atoms with Gasteiger partial charge in [-0.1, -0.05) is 29.7 Å². The monoisotopic (exact) mass is 462 g/mol. The lowest BCUT2D eigenvalue weighted by Gasteiger charge is -1.80. The van der Waals surface area contributed by atoms with Crippen molar-refractivity contribution in [2.75, 3.05) is 51.8 Å². The van der Waals surface area contributed by atoms with Gasteiger partial charge in [-0.05, 0) is 40.2 Å². The predicted octanol–water partition coefficient (Wildman–Crippen LogP) is 4.42. The van der Waals surface area contributed by atoms with E-state index >= 15 is 0 Å². The van der Waals surface area contributed by atoms with Gasteiger partial charge in [-0.3, -0.25) is 4.21 Å². The van der Waals surface area contributed by atoms with E-state index in [4.69, 9.17) is 5.11 Å². The van der Waals surface area contributed by atoms with E-state index in [0.717, 1.165) is 12.5 Å². The van der Waals surface area contributed by atoms with E-state index in [0.29, 0.717) is 0 Å². The van der Waals surface area contributed by atoms with Crippen LogP contribution >= 0.6 is 11.8 Å². The van der Waals surface area contributed by atoms with Gasteiger partial charge in [-0.25, -0.2) is 8.42 Å². The van der Waals surface area contributed by atoms with Crippen molar-refractivity contribution in [1.82, 2.24) is 0 Å². The zero-order chi connectivity index (χ0) is 20.6. The molecule has 6 nitrogen and oxygen atoms in total. The van der Waals surface area contributed by atoms with E-state index in [2.05, 4.69) is 4.74 Å². The number of carbonyl (C=O) groups is 1. The van der Waals surface area contributed by atoms with Crippen LogP contribution in [-0.2, 0) is 30.2 Å². The minimum absolute atomic E-state index is 0. The van der Waals surface area contributed by atoms with Crippen LogP contribution in [0.5, 0.6) is 0 Å². The van der Waals surface area contributed by atoms with Crippen LogP contribution in [0.15, 0.2) is 0 Å². The maximum Gasteiger partial charge on any atom is 0.144 e. The summed E-state index contributed by atoms with van der Waals surface area (Å²) in [5.41, 5.74) is 0. The number of ketones is 1. The van der Waals surface area contributed by atoms with E-state index in [1.54, 1.807) is 52.3 Å². The van der Waals surface area contributed by atoms with Crippen molar-refractivity contribution in [3.8, 4) is 0 Å². The van der Waals surface area contributed by atoms with Crippen molar-refractivity contribution in [2.24, 2.45) is 0 Å². The highest BCUT2D eigenvalue weighted by molar-refractivity contribution is 7.97. The van der Waals surface area contributed by atoms with Crippen LogP contribution in [0.3, 0.4) is 0 Å². The van der Waals surface area contributed by atoms with Crippen LogP contribution in [0.1, 0.15) is 57.4 Å². The van der Waals surface area contributed by atoms with Crippen molar-refractivity contribution < 1.29 is 27.3 Å². The molecule has 0 unspecified atom stereocenters. The van der Waals surface area contributed by atoms with Gasteiger partial charge < -0.3 is 14.6 Å². The molecule has 0 rings (SSSR count). The molecular weight excluding hydrogens is 408 g/mol. The fourth-order valence-corrected chi connectivity index (χ4v) is 0. The number of hydrogen-bond donors (Lipinski definition) is 1. The molecule has 0 atom stereocenters. The van der Waals surface area contributed by atoms with Gasteiger partial charge in [0.05, 0.1) is 0 Å². The average Bonchev–Trinajstić information content (AvgIpc) is 2.12. The molecule has 0 aliphatic rings. The number of aliphatic hydroxyl groups excluding tert-OH is 1. The fourth-order valence-electron chi connectivity index (χ4n) is 0. The number of hydrogen-bond acceptors (Lipinski definition) is 7. The van der Waals surface area contributed by atoms with E-state index < -0.39 is 20.6 Å². The second-order valence-corrected chi connectivity index (χ2v) is 9.29. The van der Waals surface area contributed by atoms with Crippen LogP contribution < -0.4 is 0 Å². The molecule has 0 saturated carbocycles. The number of ether oxygens (including phenoxy) is 1. The summed E-state index contributed by atoms with van der Waals surface area (Å²) >= 11 is 1.75. The second kappa shape index (κ2) is 56.2. The zero-order valence-corrected chi connectivity index (χ0v) is 19.2. The SMILES string of the molecule is C.C.C.C.CC(C)=O.CC(C)O.COC.CS(C)(=O)=O.CS(C)=O.CSC. The molecule has 0 aliphatic carbocycles. The van der Waals surface area contributed by atoms with E-state index in [-0.39, 0.29) is 41.6 Å². The summed E-state index contributed by atoms with van der Waals surface area (Å²) in [6, 6.07) is 0. The van der Waals surface area contributed by atoms with Crippen molar-refractivity contribution in [1.29, 1.82) is 0 Å². The summed E-state index contributed by atoms with van der Waals surface area (Å²) in [5.74, 6) is 0.167. The number of thioether (sulfide) groups is 1. The number of aliphatic hydroxyl groups is 1. The molecule has 0 saturated heterocycles. The minimum atomic E-state index is -2.67. The molecule has 27 heavy (non-hydrogen) atoms. The van der Waals surface area contributed by atoms with Crippen LogP contribution in [-0.4, -0.2) is 81.4 Å². The largest absolute Gasteiger partial charge is 0.394 e. The third kappa shape index (κ3) is 9410000. The van der Waals surface area contributed by atoms with Gasteiger partial charge in [0.25, 0.3) is 0 Å². The molecular formula is C18H54O6S3. The molecule has 1 N–H and O–H groups in total. The number of methoxy groups -OCH3 is 1. The van der Waals surface area contributed by atoms with Crippen LogP contribution in [0.25, 0.3) is 0 Å². The van der Waals surface area contributed by atoms with Gasteiger partial charge in [-0.2, -0.15) is 11.8 Å². The van der Waals surface area contributed by atoms with Gasteiger partial charge in [0.15, 0.2) is 0 Å². The summed E-state index contributed by atoms with van der Waals surface area (Å²) in [6.07, 6.45) is 9.51. The molecule has 0 spiro atoms. The highest BCUT2D eigenvalue weighted by Crippen LogP contribution is 1.70. The van der Waals surface area contributed by atoms with E-state index in [9.17, 15) is 17.4 Å². The first-order valence-corrected chi connectivity index (χ1v) is 12.3. The average molecular weight is 463 g/mol. The highest BCUT2D eigenvalue weighted by atomic mass is 32.2. The Bertz CT molecular complexity index is 284. The molecule has 0 fully saturated rings. The smallest absolute Gasteiger partial charge is 0.144 e. The highest BCUT2D eigenvalue weighted by Gasteiger charge is 1.79. The first kappa shape index (κ1) is 63.1. The standard InChI is InChI=1S/C3H8O.C3H6O.C2H6O2S.C2H6OS.C2H6O.C2H6S.4CH4/c2*1-3(2)4;1-5(2,3)4;1-4(2)3;2*1-3-2;;;;/h3-4H,1-2H3;1-2H3;1-2H3;1-2H3;2*1-2H3;4*1H4. The Balaban J connectivity index is -0.0000000157. The molecule has 0 heterocycles. The maximum absolute atomic E-state index is 9.63. The van der Waals surface area contributed by atoms with E-state index in [1.165, 1.54) is 13.8 Å². The Labute approximate surface area is 180 Å². The maximum atomic E-state index is 9.63. The van der Waals surface area contributed by atoms with Crippen molar-refractivity contribution >= 4 is 38.2 Å². The lowest BCUT2D eigenvalue weighted by atomic mass is 10.5. The van der Waals surface area contributed by atoms with Gasteiger partial charge in [-0.15, -0.1) is 0 Å². The van der Waals surface area contributed by atoms with Gasteiger partial charge in [0.2, 0.25) is 0 Å². The Hall–Kier alpha value is 0.0400. The number of Topliss-reactive ketones (excluding diaryl/α,β-unsaturated/α-hetero) is 1. The summed E-state index contributed by atoms with van der Waals surface area (Å²) in [5, 5.41) is 8.06. The predicted molar refractivity (Wildman–Crippen MR) is 134 cm³/mol. The summed E-state index contributed by atoms with van der Waals surface area (Å²) in [6.45, 7) is 6.50. The summed E-state index contributed by atoms with van der Waals surface area (Å²) in [4.78, 5) is 9.44. The van der Waals surface area contributed by atoms with E-state index in [1.807, 2.05) is 12.5 Å². The molecule has 0 aromatic rings. The lowest BCUT2D eigenvalue weighted by molar-refractivity contribution is -0.115. The van der Waals surface area contributed by atoms with Gasteiger partial charge in [0, 0.05) is 56.1 Å². The molecule has 0 amide bonds.